The molecule has 0 aromatic carbocycles. The molecule has 0 rings (SSSR count). The van der Waals surface area contributed by atoms with Gasteiger partial charge in [-0.05, 0) is 0 Å². The van der Waals surface area contributed by atoms with Crippen LogP contribution < -0.4 is 0 Å². The number of hydrogen-bond acceptors (Lipinski definition) is 1. The summed E-state index contributed by atoms with van der Waals surface area (Å²) in [5.41, 5.74) is 0. The molecular weight excluding hydrogens is 178 g/mol. The second-order valence-corrected chi connectivity index (χ2v) is 0. The molecule has 0 unspecified atom stereocenters. The molecule has 0 aliphatic rings. The molecule has 0 amide bonds. The van der Waals surface area contributed by atoms with E-state index < -0.39 is 0 Å². The third-order valence-electron chi connectivity index (χ3n) is 0. The van der Waals surface area contributed by atoms with Gasteiger partial charge in [0.25, 0.3) is 0 Å². The molecule has 0 bridgehead atoms. The van der Waals surface area contributed by atoms with E-state index in [0.717, 1.165) is 0 Å². The Morgan fingerprint density at radius 2 is 1.25 bits per heavy atom. The molecular formula is FeMnOV. The van der Waals surface area contributed by atoms with Crippen LogP contribution in [0.5, 0.6) is 0 Å². The Hall–Kier alpha value is 1.42. The second-order valence-electron chi connectivity index (χ2n) is 0. The predicted molar refractivity (Wildman–Crippen MR) is 0.686 cm³/mol. The summed E-state index contributed by atoms with van der Waals surface area (Å²) in [5.74, 6) is 0. The van der Waals surface area contributed by atoms with E-state index in [1.165, 1.54) is 0 Å². The van der Waals surface area contributed by atoms with Crippen LogP contribution in [0.25, 0.3) is 0 Å². The quantitative estimate of drug-likeness (QED) is 0.472. The summed E-state index contributed by atoms with van der Waals surface area (Å²) in [5, 5.41) is 0. The van der Waals surface area contributed by atoms with Crippen molar-refractivity contribution in [2.45, 2.75) is 0 Å². The summed E-state index contributed by atoms with van der Waals surface area (Å²) >= 11 is 1.69. The van der Waals surface area contributed by atoms with Gasteiger partial charge in [-0.25, -0.2) is 0 Å². The molecule has 4 heteroatoms. The van der Waals surface area contributed by atoms with Gasteiger partial charge in [0.2, 0.25) is 0 Å². The zero-order valence-electron chi connectivity index (χ0n) is 1.59. The molecule has 1 radical (unpaired) electrons. The Kier molecular flexibility index (Phi) is 116. The van der Waals surface area contributed by atoms with Crippen LogP contribution >= 0.6 is 0 Å². The molecule has 0 N–H and O–H groups in total. The van der Waals surface area contributed by atoms with Crippen LogP contribution in [0.4, 0.5) is 0 Å². The van der Waals surface area contributed by atoms with Gasteiger partial charge in [-0.15, -0.1) is 0 Å². The Morgan fingerprint density at radius 3 is 1.25 bits per heavy atom. The summed E-state index contributed by atoms with van der Waals surface area (Å²) in [6.07, 6.45) is 0. The monoisotopic (exact) mass is 178 g/mol. The Labute approximate surface area is 55.3 Å². The van der Waals surface area contributed by atoms with Gasteiger partial charge < -0.3 is 0 Å². The molecule has 0 saturated heterocycles. The van der Waals surface area contributed by atoms with E-state index in [1.807, 2.05) is 0 Å². The Balaban J connectivity index is -0.00000000500. The van der Waals surface area contributed by atoms with Gasteiger partial charge in [-0.3, -0.25) is 0 Å². The Bertz CT molecular complexity index is 8.00. The van der Waals surface area contributed by atoms with Crippen LogP contribution in [-0.4, -0.2) is 0 Å². The van der Waals surface area contributed by atoms with Gasteiger partial charge >= 0.3 is 19.8 Å². The summed E-state index contributed by atoms with van der Waals surface area (Å²) < 4.78 is 8.06. The van der Waals surface area contributed by atoms with Crippen molar-refractivity contribution in [1.29, 1.82) is 0 Å². The normalized spacial score (nSPS) is 1.00. The minimum absolute atomic E-state index is 0. The van der Waals surface area contributed by atoms with Gasteiger partial charge in [-0.2, -0.15) is 0 Å². The van der Waals surface area contributed by atoms with E-state index in [2.05, 4.69) is 0 Å². The van der Waals surface area contributed by atoms with Gasteiger partial charge in [-0.1, -0.05) is 0 Å². The van der Waals surface area contributed by atoms with E-state index >= 15 is 0 Å². The summed E-state index contributed by atoms with van der Waals surface area (Å²) in [4.78, 5) is 0. The molecule has 0 fully saturated rings. The molecule has 26 valence electrons. The smallest absolute Gasteiger partial charge is 0 e. The minimum atomic E-state index is 0. The van der Waals surface area contributed by atoms with Crippen molar-refractivity contribution in [2.24, 2.45) is 0 Å². The number of hydrogen-bond donors (Lipinski definition) is 0. The van der Waals surface area contributed by atoms with Crippen LogP contribution in [0.15, 0.2) is 0 Å². The summed E-state index contributed by atoms with van der Waals surface area (Å²) in [7, 11) is 0. The van der Waals surface area contributed by atoms with E-state index in [9.17, 15) is 0 Å². The van der Waals surface area contributed by atoms with Crippen molar-refractivity contribution in [3.63, 3.8) is 0 Å². The first-order chi connectivity index (χ1) is 1.00. The SMILES string of the molecule is [Fe].[O]=[Mn].[V]. The topological polar surface area (TPSA) is 17.1 Å². The molecule has 0 aliphatic heterocycles. The molecule has 4 heavy (non-hydrogen) atoms. The van der Waals surface area contributed by atoms with E-state index in [0.29, 0.717) is 0 Å². The van der Waals surface area contributed by atoms with Crippen molar-refractivity contribution in [3.8, 4) is 0 Å². The van der Waals surface area contributed by atoms with Crippen LogP contribution in [0.2, 0.25) is 0 Å². The van der Waals surface area contributed by atoms with Crippen molar-refractivity contribution < 1.29 is 55.4 Å². The van der Waals surface area contributed by atoms with Crippen LogP contribution in [-0.2, 0) is 55.4 Å². The van der Waals surface area contributed by atoms with Crippen LogP contribution in [0.1, 0.15) is 0 Å². The van der Waals surface area contributed by atoms with Crippen LogP contribution in [0, 0.1) is 0 Å². The maximum atomic E-state index is 8.06. The maximum absolute atomic E-state index is 8.06. The molecule has 0 heterocycles. The molecule has 0 atom stereocenters. The Morgan fingerprint density at radius 1 is 1.25 bits per heavy atom. The molecule has 0 aliphatic carbocycles. The van der Waals surface area contributed by atoms with Crippen molar-refractivity contribution in [1.82, 2.24) is 0 Å². The average Bonchev–Trinajstić information content (AvgIpc) is 1.00. The van der Waals surface area contributed by atoms with Crippen LogP contribution in [0.3, 0.4) is 0 Å². The molecule has 1 nitrogen and oxygen atoms in total. The summed E-state index contributed by atoms with van der Waals surface area (Å²) in [6, 6.07) is 0. The van der Waals surface area contributed by atoms with E-state index in [1.54, 1.807) is 15.9 Å². The predicted octanol–water partition coefficient (Wildman–Crippen LogP) is -0.126. The first-order valence-corrected chi connectivity index (χ1v) is 0.636. The maximum Gasteiger partial charge on any atom is 0 e. The third kappa shape index (κ3) is 9.92. The van der Waals surface area contributed by atoms with Gasteiger partial charge in [0.15, 0.2) is 0 Å². The zero-order chi connectivity index (χ0) is 2.00. The van der Waals surface area contributed by atoms with Gasteiger partial charge in [0.05, 0.1) is 0 Å². The van der Waals surface area contributed by atoms with E-state index in [4.69, 9.17) is 3.83 Å². The fourth-order valence-corrected chi connectivity index (χ4v) is 0. The summed E-state index contributed by atoms with van der Waals surface area (Å²) in [6.45, 7) is 0. The number of rotatable bonds is 0. The third-order valence-corrected chi connectivity index (χ3v) is 0. The first kappa shape index (κ1) is 18.1. The fraction of sp³-hybridized carbons (Fsp3) is 0. The first-order valence-electron chi connectivity index (χ1n) is 0.154. The van der Waals surface area contributed by atoms with Crippen molar-refractivity contribution in [3.05, 3.63) is 0 Å². The van der Waals surface area contributed by atoms with Gasteiger partial charge in [0, 0.05) is 35.6 Å². The average molecular weight is 178 g/mol. The van der Waals surface area contributed by atoms with Crippen molar-refractivity contribution >= 4 is 0 Å². The van der Waals surface area contributed by atoms with E-state index in [-0.39, 0.29) is 35.6 Å². The fourth-order valence-electron chi connectivity index (χ4n) is 0. The van der Waals surface area contributed by atoms with Gasteiger partial charge in [0.1, 0.15) is 0 Å². The molecule has 0 aromatic heterocycles. The zero-order valence-corrected chi connectivity index (χ0v) is 5.27. The largest absolute Gasteiger partial charge is 0 e. The van der Waals surface area contributed by atoms with Crippen molar-refractivity contribution in [2.75, 3.05) is 0 Å². The standard InChI is InChI=1S/Fe.Mn.O.V. The molecule has 0 spiro atoms. The second kappa shape index (κ2) is 25.6. The molecule has 0 aromatic rings. The minimum Gasteiger partial charge on any atom is 0 e. The molecule has 0 saturated carbocycles.